The average Bonchev–Trinajstić information content (AvgIpc) is 2.81. The molecule has 0 radical (unpaired) electrons. The number of hydrogen-bond acceptors (Lipinski definition) is 6. The zero-order valence-electron chi connectivity index (χ0n) is 19.3. The number of aliphatic hydroxyl groups is 1. The fourth-order valence-electron chi connectivity index (χ4n) is 4.38. The Hall–Kier alpha value is -3.09. The van der Waals surface area contributed by atoms with E-state index in [-0.39, 0.29) is 19.0 Å². The summed E-state index contributed by atoms with van der Waals surface area (Å²) in [6.45, 7) is 11.3. The number of nitrogens with zero attached hydrogens (tertiary/aromatic N) is 1. The first-order valence-electron chi connectivity index (χ1n) is 11.1. The fourth-order valence-corrected chi connectivity index (χ4v) is 4.70. The third-order valence-corrected chi connectivity index (χ3v) is 6.52. The zero-order valence-corrected chi connectivity index (χ0v) is 20.1. The molecule has 0 saturated carbocycles. The molecular formula is C27H28ClNO5. The molecule has 2 atom stereocenters. The van der Waals surface area contributed by atoms with Crippen LogP contribution >= 0.6 is 11.6 Å². The van der Waals surface area contributed by atoms with Gasteiger partial charge in [-0.05, 0) is 56.5 Å². The number of aryl methyl sites for hydroxylation is 1. The molecule has 178 valence electrons. The number of nitroso groups, excluding NO2 is 1. The highest BCUT2D eigenvalue weighted by Crippen LogP contribution is 2.53. The maximum atomic E-state index is 12.2. The van der Waals surface area contributed by atoms with Crippen molar-refractivity contribution in [1.29, 1.82) is 0 Å². The van der Waals surface area contributed by atoms with Crippen LogP contribution in [-0.2, 0) is 12.0 Å². The predicted molar refractivity (Wildman–Crippen MR) is 134 cm³/mol. The molecule has 2 heterocycles. The Balaban J connectivity index is 1.82. The lowest BCUT2D eigenvalue weighted by atomic mass is 9.79. The smallest absolute Gasteiger partial charge is 0.157 e. The van der Waals surface area contributed by atoms with Crippen molar-refractivity contribution in [3.05, 3.63) is 87.8 Å². The molecule has 2 aliphatic heterocycles. The monoisotopic (exact) mass is 481 g/mol. The SMILES string of the molecule is C=CCCc1ccc(C2(O)COc3c(ccc4c3C=CC(C)(C)O4)C2N=O)c(OCC=C)c1Cl. The molecule has 0 aromatic heterocycles. The molecule has 6 nitrogen and oxygen atoms in total. The van der Waals surface area contributed by atoms with Crippen LogP contribution in [0.4, 0.5) is 0 Å². The van der Waals surface area contributed by atoms with E-state index in [0.29, 0.717) is 39.6 Å². The number of fused-ring (bicyclic) bond motifs is 3. The minimum absolute atomic E-state index is 0.176. The Bertz CT molecular complexity index is 1170. The van der Waals surface area contributed by atoms with Gasteiger partial charge < -0.3 is 19.3 Å². The standard InChI is InChI=1S/C27H28ClNO5/c1-5-7-8-17-9-11-20(24(22(17)28)32-15-6-2)27(30)16-33-23-18-13-14-26(3,4)34-21(18)12-10-19(23)25(27)29-31/h5-6,9-14,25,30H,1-2,7-8,15-16H2,3-4H3. The van der Waals surface area contributed by atoms with Gasteiger partial charge in [-0.25, -0.2) is 0 Å². The van der Waals surface area contributed by atoms with E-state index < -0.39 is 17.2 Å². The van der Waals surface area contributed by atoms with Gasteiger partial charge >= 0.3 is 0 Å². The van der Waals surface area contributed by atoms with Crippen molar-refractivity contribution < 1.29 is 19.3 Å². The van der Waals surface area contributed by atoms with Crippen molar-refractivity contribution in [2.75, 3.05) is 13.2 Å². The Labute approximate surface area is 204 Å². The summed E-state index contributed by atoms with van der Waals surface area (Å²) in [4.78, 5) is 12.2. The molecule has 0 saturated heterocycles. The van der Waals surface area contributed by atoms with Crippen molar-refractivity contribution in [2.45, 2.75) is 43.9 Å². The Kier molecular flexibility index (Phi) is 6.56. The van der Waals surface area contributed by atoms with Gasteiger partial charge in [-0.2, -0.15) is 4.91 Å². The van der Waals surface area contributed by atoms with Gasteiger partial charge in [-0.1, -0.05) is 47.6 Å². The van der Waals surface area contributed by atoms with Gasteiger partial charge in [-0.3, -0.25) is 0 Å². The number of rotatable bonds is 8. The third-order valence-electron chi connectivity index (χ3n) is 6.11. The van der Waals surface area contributed by atoms with Crippen LogP contribution in [0.25, 0.3) is 6.08 Å². The van der Waals surface area contributed by atoms with E-state index in [1.54, 1.807) is 30.4 Å². The molecule has 2 aromatic carbocycles. The highest BCUT2D eigenvalue weighted by Gasteiger charge is 2.49. The molecule has 2 aromatic rings. The minimum Gasteiger partial charge on any atom is -0.489 e. The van der Waals surface area contributed by atoms with Gasteiger partial charge in [-0.15, -0.1) is 6.58 Å². The van der Waals surface area contributed by atoms with Crippen molar-refractivity contribution >= 4 is 17.7 Å². The molecule has 2 aliphatic rings. The van der Waals surface area contributed by atoms with Gasteiger partial charge in [0.2, 0.25) is 0 Å². The van der Waals surface area contributed by atoms with Gasteiger partial charge in [0.15, 0.2) is 11.6 Å². The van der Waals surface area contributed by atoms with Crippen LogP contribution in [0.3, 0.4) is 0 Å². The molecule has 34 heavy (non-hydrogen) atoms. The lowest BCUT2D eigenvalue weighted by Crippen LogP contribution is -2.43. The van der Waals surface area contributed by atoms with E-state index in [4.69, 9.17) is 25.8 Å². The Morgan fingerprint density at radius 3 is 2.76 bits per heavy atom. The summed E-state index contributed by atoms with van der Waals surface area (Å²) < 4.78 is 18.0. The summed E-state index contributed by atoms with van der Waals surface area (Å²) in [5.41, 5.74) is 0.117. The summed E-state index contributed by atoms with van der Waals surface area (Å²) in [7, 11) is 0. The molecular weight excluding hydrogens is 454 g/mol. The number of hydrogen-bond donors (Lipinski definition) is 1. The summed E-state index contributed by atoms with van der Waals surface area (Å²) in [6, 6.07) is 5.88. The van der Waals surface area contributed by atoms with E-state index >= 15 is 0 Å². The molecule has 0 fully saturated rings. The van der Waals surface area contributed by atoms with Crippen LogP contribution in [-0.4, -0.2) is 23.9 Å². The van der Waals surface area contributed by atoms with Crippen LogP contribution in [0.1, 0.15) is 48.6 Å². The zero-order chi connectivity index (χ0) is 24.5. The maximum absolute atomic E-state index is 12.2. The van der Waals surface area contributed by atoms with Gasteiger partial charge in [0.05, 0.1) is 10.6 Å². The van der Waals surface area contributed by atoms with Gasteiger partial charge in [0.25, 0.3) is 0 Å². The summed E-state index contributed by atoms with van der Waals surface area (Å²) >= 11 is 6.70. The topological polar surface area (TPSA) is 77.4 Å². The van der Waals surface area contributed by atoms with Crippen LogP contribution < -0.4 is 14.2 Å². The Morgan fingerprint density at radius 1 is 1.26 bits per heavy atom. The highest BCUT2D eigenvalue weighted by molar-refractivity contribution is 6.33. The molecule has 0 aliphatic carbocycles. The first-order valence-corrected chi connectivity index (χ1v) is 11.5. The lowest BCUT2D eigenvalue weighted by molar-refractivity contribution is -0.0477. The number of halogens is 1. The van der Waals surface area contributed by atoms with Gasteiger partial charge in [0.1, 0.15) is 36.1 Å². The minimum atomic E-state index is -1.79. The summed E-state index contributed by atoms with van der Waals surface area (Å²) in [5, 5.41) is 15.6. The van der Waals surface area contributed by atoms with Crippen molar-refractivity contribution in [2.24, 2.45) is 5.18 Å². The molecule has 1 N–H and O–H groups in total. The van der Waals surface area contributed by atoms with Crippen LogP contribution in [0, 0.1) is 4.91 Å². The van der Waals surface area contributed by atoms with Gasteiger partial charge in [0, 0.05) is 11.1 Å². The van der Waals surface area contributed by atoms with Crippen molar-refractivity contribution in [3.8, 4) is 17.2 Å². The summed E-state index contributed by atoms with van der Waals surface area (Å²) in [6.07, 6.45) is 8.62. The van der Waals surface area contributed by atoms with Crippen molar-refractivity contribution in [3.63, 3.8) is 0 Å². The van der Waals surface area contributed by atoms with E-state index in [0.717, 1.165) is 12.0 Å². The van der Waals surface area contributed by atoms with E-state index in [1.165, 1.54) is 0 Å². The lowest BCUT2D eigenvalue weighted by Gasteiger charge is -2.40. The third kappa shape index (κ3) is 4.12. The molecule has 0 amide bonds. The van der Waals surface area contributed by atoms with Crippen molar-refractivity contribution in [1.82, 2.24) is 0 Å². The van der Waals surface area contributed by atoms with Crippen LogP contribution in [0.15, 0.2) is 60.8 Å². The Morgan fingerprint density at radius 2 is 2.06 bits per heavy atom. The highest BCUT2D eigenvalue weighted by atomic mass is 35.5. The second-order valence-corrected chi connectivity index (χ2v) is 9.38. The number of ether oxygens (including phenoxy) is 3. The molecule has 4 rings (SSSR count). The predicted octanol–water partition coefficient (Wildman–Crippen LogP) is 6.30. The molecule has 2 unspecified atom stereocenters. The van der Waals surface area contributed by atoms with E-state index in [1.807, 2.05) is 32.1 Å². The first-order chi connectivity index (χ1) is 16.3. The number of allylic oxidation sites excluding steroid dienone is 1. The second-order valence-electron chi connectivity index (χ2n) is 9.00. The van der Waals surface area contributed by atoms with Crippen LogP contribution in [0.2, 0.25) is 5.02 Å². The molecule has 0 spiro atoms. The second kappa shape index (κ2) is 9.28. The fraction of sp³-hybridized carbons (Fsp3) is 0.333. The average molecular weight is 482 g/mol. The quantitative estimate of drug-likeness (QED) is 0.354. The molecule has 7 heteroatoms. The first kappa shape index (κ1) is 24.0. The summed E-state index contributed by atoms with van der Waals surface area (Å²) in [5.74, 6) is 1.40. The number of benzene rings is 2. The maximum Gasteiger partial charge on any atom is 0.157 e. The van der Waals surface area contributed by atoms with E-state index in [2.05, 4.69) is 18.3 Å². The normalized spacial score (nSPS) is 21.9. The van der Waals surface area contributed by atoms with E-state index in [9.17, 15) is 10.0 Å². The largest absolute Gasteiger partial charge is 0.489 e. The molecule has 0 bridgehead atoms. The van der Waals surface area contributed by atoms with Crippen LogP contribution in [0.5, 0.6) is 17.2 Å².